The van der Waals surface area contributed by atoms with Gasteiger partial charge in [0.15, 0.2) is 0 Å². The van der Waals surface area contributed by atoms with Crippen LogP contribution in [-0.2, 0) is 14.4 Å². The molecule has 0 rings (SSSR count). The van der Waals surface area contributed by atoms with Crippen LogP contribution in [-0.4, -0.2) is 51.6 Å². The lowest BCUT2D eigenvalue weighted by Crippen LogP contribution is -2.41. The molecule has 0 spiro atoms. The summed E-state index contributed by atoms with van der Waals surface area (Å²) in [6, 6.07) is -1.96. The number of carboxylic acid groups (broad SMARTS) is 2. The van der Waals surface area contributed by atoms with Crippen LogP contribution in [0.25, 0.3) is 0 Å². The lowest BCUT2D eigenvalue weighted by molar-refractivity contribution is -0.140. The van der Waals surface area contributed by atoms with Gasteiger partial charge < -0.3 is 21.3 Å². The molecule has 0 aliphatic carbocycles. The summed E-state index contributed by atoms with van der Waals surface area (Å²) in [5, 5.41) is 19.5. The van der Waals surface area contributed by atoms with E-state index in [-0.39, 0.29) is 11.5 Å². The van der Waals surface area contributed by atoms with Gasteiger partial charge in [-0.05, 0) is 0 Å². The van der Waals surface area contributed by atoms with E-state index >= 15 is 0 Å². The highest BCUT2D eigenvalue weighted by molar-refractivity contribution is 8.76. The van der Waals surface area contributed by atoms with Crippen LogP contribution >= 0.6 is 21.6 Å². The lowest BCUT2D eigenvalue weighted by Gasteiger charge is -2.12. The average molecular weight is 282 g/mol. The molecule has 0 radical (unpaired) electrons. The zero-order valence-corrected chi connectivity index (χ0v) is 10.7. The highest BCUT2D eigenvalue weighted by Gasteiger charge is 2.19. The van der Waals surface area contributed by atoms with Crippen LogP contribution in [0.2, 0.25) is 0 Å². The van der Waals surface area contributed by atoms with Gasteiger partial charge >= 0.3 is 11.9 Å². The van der Waals surface area contributed by atoms with Gasteiger partial charge in [-0.2, -0.15) is 0 Å². The molecule has 0 aliphatic rings. The first-order valence-electron chi connectivity index (χ1n) is 4.57. The third-order valence-electron chi connectivity index (χ3n) is 1.56. The van der Waals surface area contributed by atoms with Crippen LogP contribution < -0.4 is 11.1 Å². The van der Waals surface area contributed by atoms with E-state index in [1.165, 1.54) is 6.92 Å². The number of nitrogens with two attached hydrogens (primary N) is 1. The third kappa shape index (κ3) is 7.88. The molecule has 98 valence electrons. The minimum absolute atomic E-state index is 0.145. The standard InChI is InChI=1S/C8H14N2O5S2/c1-4(11)10-6(8(14)15)3-17-16-2-5(9)7(12)13/h5-6H,2-3,9H2,1H3,(H,10,11)(H,12,13)(H,14,15)/t5?,6-/m0/s1. The van der Waals surface area contributed by atoms with Crippen LogP contribution in [0.5, 0.6) is 0 Å². The Labute approximate surface area is 106 Å². The van der Waals surface area contributed by atoms with E-state index in [0.29, 0.717) is 0 Å². The number of rotatable bonds is 8. The first kappa shape index (κ1) is 16.1. The number of carbonyl (C=O) groups is 3. The molecule has 0 heterocycles. The Balaban J connectivity index is 3.87. The fourth-order valence-electron chi connectivity index (χ4n) is 0.729. The summed E-state index contributed by atoms with van der Waals surface area (Å²) >= 11 is 0. The van der Waals surface area contributed by atoms with Crippen LogP contribution in [0.3, 0.4) is 0 Å². The predicted octanol–water partition coefficient (Wildman–Crippen LogP) is -0.631. The van der Waals surface area contributed by atoms with Crippen molar-refractivity contribution in [1.82, 2.24) is 5.32 Å². The van der Waals surface area contributed by atoms with Crippen molar-refractivity contribution in [2.75, 3.05) is 11.5 Å². The highest BCUT2D eigenvalue weighted by atomic mass is 33.1. The number of carbonyl (C=O) groups excluding carboxylic acids is 1. The van der Waals surface area contributed by atoms with E-state index in [9.17, 15) is 14.4 Å². The van der Waals surface area contributed by atoms with Crippen LogP contribution in [0.1, 0.15) is 6.92 Å². The summed E-state index contributed by atoms with van der Waals surface area (Å²) in [5.41, 5.74) is 5.25. The first-order valence-corrected chi connectivity index (χ1v) is 7.06. The number of carboxylic acids is 2. The molecular formula is C8H14N2O5S2. The van der Waals surface area contributed by atoms with Gasteiger partial charge in [-0.15, -0.1) is 0 Å². The van der Waals surface area contributed by atoms with Gasteiger partial charge in [0.25, 0.3) is 0 Å². The van der Waals surface area contributed by atoms with Crippen molar-refractivity contribution in [3.05, 3.63) is 0 Å². The van der Waals surface area contributed by atoms with E-state index in [4.69, 9.17) is 15.9 Å². The zero-order chi connectivity index (χ0) is 13.4. The molecule has 0 saturated heterocycles. The zero-order valence-electron chi connectivity index (χ0n) is 9.08. The molecule has 17 heavy (non-hydrogen) atoms. The van der Waals surface area contributed by atoms with E-state index in [1.54, 1.807) is 0 Å². The smallest absolute Gasteiger partial charge is 0.327 e. The molecule has 2 atom stereocenters. The molecule has 7 nitrogen and oxygen atoms in total. The van der Waals surface area contributed by atoms with E-state index < -0.39 is 29.9 Å². The normalized spacial score (nSPS) is 13.8. The molecule has 0 bridgehead atoms. The van der Waals surface area contributed by atoms with Gasteiger partial charge in [0.05, 0.1) is 0 Å². The predicted molar refractivity (Wildman–Crippen MR) is 65.8 cm³/mol. The van der Waals surface area contributed by atoms with Crippen molar-refractivity contribution in [1.29, 1.82) is 0 Å². The Morgan fingerprint density at radius 1 is 1.18 bits per heavy atom. The largest absolute Gasteiger partial charge is 0.480 e. The minimum Gasteiger partial charge on any atom is -0.480 e. The number of hydrogen-bond acceptors (Lipinski definition) is 6. The topological polar surface area (TPSA) is 130 Å². The molecule has 0 aromatic heterocycles. The molecule has 0 fully saturated rings. The van der Waals surface area contributed by atoms with Crippen molar-refractivity contribution < 1.29 is 24.6 Å². The second kappa shape index (κ2) is 8.20. The molecule has 5 N–H and O–H groups in total. The summed E-state index contributed by atoms with van der Waals surface area (Å²) in [7, 11) is 2.31. The fourth-order valence-corrected chi connectivity index (χ4v) is 3.00. The summed E-state index contributed by atoms with van der Waals surface area (Å²) < 4.78 is 0. The Morgan fingerprint density at radius 2 is 1.71 bits per heavy atom. The summed E-state index contributed by atoms with van der Waals surface area (Å²) in [6.45, 7) is 1.23. The first-order chi connectivity index (χ1) is 7.84. The van der Waals surface area contributed by atoms with Gasteiger partial charge in [-0.1, -0.05) is 21.6 Å². The maximum absolute atomic E-state index is 10.7. The number of hydrogen-bond donors (Lipinski definition) is 4. The summed E-state index contributed by atoms with van der Waals surface area (Å²) in [4.78, 5) is 31.8. The average Bonchev–Trinajstić information content (AvgIpc) is 2.21. The van der Waals surface area contributed by atoms with E-state index in [1.807, 2.05) is 0 Å². The second-order valence-corrected chi connectivity index (χ2v) is 5.66. The van der Waals surface area contributed by atoms with Gasteiger partial charge in [-0.25, -0.2) is 4.79 Å². The Kier molecular flexibility index (Phi) is 7.75. The number of amides is 1. The maximum atomic E-state index is 10.7. The van der Waals surface area contributed by atoms with Crippen molar-refractivity contribution >= 4 is 39.4 Å². The number of nitrogens with one attached hydrogen (secondary N) is 1. The van der Waals surface area contributed by atoms with Crippen molar-refractivity contribution in [3.8, 4) is 0 Å². The number of aliphatic carboxylic acids is 2. The van der Waals surface area contributed by atoms with E-state index in [2.05, 4.69) is 5.32 Å². The summed E-state index contributed by atoms with van der Waals surface area (Å²) in [5.74, 6) is -2.34. The molecular weight excluding hydrogens is 268 g/mol. The van der Waals surface area contributed by atoms with Crippen LogP contribution in [0, 0.1) is 0 Å². The summed E-state index contributed by atoms with van der Waals surface area (Å²) in [6.07, 6.45) is 0. The fraction of sp³-hybridized carbons (Fsp3) is 0.625. The molecule has 0 aromatic carbocycles. The highest BCUT2D eigenvalue weighted by Crippen LogP contribution is 2.22. The van der Waals surface area contributed by atoms with Crippen molar-refractivity contribution in [3.63, 3.8) is 0 Å². The SMILES string of the molecule is CC(=O)N[C@@H](CSSCC(N)C(=O)O)C(=O)O. The molecule has 0 saturated carbocycles. The monoisotopic (exact) mass is 282 g/mol. The van der Waals surface area contributed by atoms with Gasteiger partial charge in [0, 0.05) is 18.4 Å². The van der Waals surface area contributed by atoms with Gasteiger partial charge in [-0.3, -0.25) is 9.59 Å². The van der Waals surface area contributed by atoms with Crippen molar-refractivity contribution in [2.45, 2.75) is 19.0 Å². The van der Waals surface area contributed by atoms with Gasteiger partial charge in [0.2, 0.25) is 5.91 Å². The van der Waals surface area contributed by atoms with Crippen molar-refractivity contribution in [2.24, 2.45) is 5.73 Å². The lowest BCUT2D eigenvalue weighted by atomic mass is 10.3. The van der Waals surface area contributed by atoms with Crippen LogP contribution in [0.4, 0.5) is 0 Å². The Bertz CT molecular complexity index is 300. The Morgan fingerprint density at radius 3 is 2.12 bits per heavy atom. The van der Waals surface area contributed by atoms with E-state index in [0.717, 1.165) is 21.6 Å². The molecule has 1 amide bonds. The third-order valence-corrected chi connectivity index (χ3v) is 4.01. The van der Waals surface area contributed by atoms with Crippen LogP contribution in [0.15, 0.2) is 0 Å². The molecule has 1 unspecified atom stereocenters. The Hall–Kier alpha value is -0.930. The maximum Gasteiger partial charge on any atom is 0.327 e. The molecule has 9 heteroatoms. The van der Waals surface area contributed by atoms with Gasteiger partial charge in [0.1, 0.15) is 12.1 Å². The second-order valence-electron chi connectivity index (χ2n) is 3.11. The molecule has 0 aliphatic heterocycles. The minimum atomic E-state index is -1.13. The molecule has 0 aromatic rings. The quantitative estimate of drug-likeness (QED) is 0.342.